The second kappa shape index (κ2) is 5.42. The van der Waals surface area contributed by atoms with Crippen molar-refractivity contribution in [3.8, 4) is 0 Å². The number of rotatable bonds is 5. The normalized spacial score (nSPS) is 16.3. The van der Waals surface area contributed by atoms with E-state index in [4.69, 9.17) is 5.11 Å². The Morgan fingerprint density at radius 1 is 1.60 bits per heavy atom. The van der Waals surface area contributed by atoms with Crippen LogP contribution in [-0.4, -0.2) is 17.5 Å². The van der Waals surface area contributed by atoms with Gasteiger partial charge in [-0.25, -0.2) is 0 Å². The molecule has 0 aromatic heterocycles. The molecule has 0 heterocycles. The summed E-state index contributed by atoms with van der Waals surface area (Å²) in [6.45, 7) is 4.16. The summed E-state index contributed by atoms with van der Waals surface area (Å²) in [6, 6.07) is 0. The zero-order valence-corrected chi connectivity index (χ0v) is 6.71. The van der Waals surface area contributed by atoms with Crippen LogP contribution in [0.5, 0.6) is 0 Å². The fraction of sp³-hybridized carbons (Fsp3) is 0.875. The molecule has 0 rings (SSSR count). The average Bonchev–Trinajstić information content (AvgIpc) is 1.88. The van der Waals surface area contributed by atoms with Gasteiger partial charge in [0, 0.05) is 6.42 Å². The van der Waals surface area contributed by atoms with E-state index in [-0.39, 0.29) is 6.42 Å². The zero-order valence-electron chi connectivity index (χ0n) is 6.71. The van der Waals surface area contributed by atoms with E-state index in [9.17, 15) is 4.79 Å². The van der Waals surface area contributed by atoms with Crippen molar-refractivity contribution in [3.05, 3.63) is 0 Å². The van der Waals surface area contributed by atoms with Crippen LogP contribution >= 0.6 is 0 Å². The maximum Gasteiger partial charge on any atom is 0.122 e. The van der Waals surface area contributed by atoms with Crippen molar-refractivity contribution in [1.29, 1.82) is 0 Å². The van der Waals surface area contributed by atoms with Gasteiger partial charge in [0.2, 0.25) is 0 Å². The SMILES string of the molecule is CCC(C)CC(O)CC=O. The van der Waals surface area contributed by atoms with Crippen LogP contribution in [0.2, 0.25) is 0 Å². The summed E-state index contributed by atoms with van der Waals surface area (Å²) in [4.78, 5) is 9.93. The lowest BCUT2D eigenvalue weighted by Crippen LogP contribution is -2.11. The van der Waals surface area contributed by atoms with E-state index in [1.54, 1.807) is 0 Å². The Hall–Kier alpha value is -0.370. The lowest BCUT2D eigenvalue weighted by Gasteiger charge is -2.11. The fourth-order valence-corrected chi connectivity index (χ4v) is 0.838. The maximum absolute atomic E-state index is 9.93. The van der Waals surface area contributed by atoms with Crippen LogP contribution in [0.1, 0.15) is 33.1 Å². The Morgan fingerprint density at radius 3 is 2.60 bits per heavy atom. The number of carbonyl (C=O) groups excluding carboxylic acids is 1. The highest BCUT2D eigenvalue weighted by molar-refractivity contribution is 5.49. The minimum atomic E-state index is -0.424. The van der Waals surface area contributed by atoms with Crippen LogP contribution < -0.4 is 0 Å². The molecule has 60 valence electrons. The molecular weight excluding hydrogens is 128 g/mol. The molecule has 0 spiro atoms. The number of aliphatic hydroxyl groups excluding tert-OH is 1. The Balaban J connectivity index is 3.35. The molecule has 2 unspecified atom stereocenters. The molecule has 0 aromatic carbocycles. The lowest BCUT2D eigenvalue weighted by atomic mass is 10.00. The quantitative estimate of drug-likeness (QED) is 0.592. The van der Waals surface area contributed by atoms with Gasteiger partial charge in [0.1, 0.15) is 6.29 Å². The first-order valence-electron chi connectivity index (χ1n) is 3.82. The van der Waals surface area contributed by atoms with Gasteiger partial charge in [0.15, 0.2) is 0 Å². The van der Waals surface area contributed by atoms with Gasteiger partial charge in [0.25, 0.3) is 0 Å². The molecular formula is C8H16O2. The van der Waals surface area contributed by atoms with Crippen molar-refractivity contribution >= 4 is 6.29 Å². The molecule has 0 aliphatic heterocycles. The third-order valence-electron chi connectivity index (χ3n) is 1.74. The highest BCUT2D eigenvalue weighted by atomic mass is 16.3. The molecule has 0 aliphatic carbocycles. The van der Waals surface area contributed by atoms with E-state index >= 15 is 0 Å². The summed E-state index contributed by atoms with van der Waals surface area (Å²) >= 11 is 0. The second-order valence-electron chi connectivity index (χ2n) is 2.81. The standard InChI is InChI=1S/C8H16O2/c1-3-7(2)6-8(10)4-5-9/h5,7-8,10H,3-4,6H2,1-2H3. The molecule has 0 bridgehead atoms. The molecule has 0 aliphatic rings. The largest absolute Gasteiger partial charge is 0.393 e. The van der Waals surface area contributed by atoms with Crippen LogP contribution in [0.25, 0.3) is 0 Å². The average molecular weight is 144 g/mol. The molecule has 2 nitrogen and oxygen atoms in total. The van der Waals surface area contributed by atoms with E-state index in [1.165, 1.54) is 0 Å². The van der Waals surface area contributed by atoms with Gasteiger partial charge in [-0.05, 0) is 12.3 Å². The molecule has 2 atom stereocenters. The summed E-state index contributed by atoms with van der Waals surface area (Å²) in [5.74, 6) is 0.523. The van der Waals surface area contributed by atoms with Gasteiger partial charge in [-0.3, -0.25) is 0 Å². The topological polar surface area (TPSA) is 37.3 Å². The molecule has 0 amide bonds. The summed E-state index contributed by atoms with van der Waals surface area (Å²) in [7, 11) is 0. The first kappa shape index (κ1) is 9.63. The van der Waals surface area contributed by atoms with Crippen LogP contribution in [0.15, 0.2) is 0 Å². The third-order valence-corrected chi connectivity index (χ3v) is 1.74. The fourth-order valence-electron chi connectivity index (χ4n) is 0.838. The number of hydrogen-bond acceptors (Lipinski definition) is 2. The number of aliphatic hydroxyl groups is 1. The summed E-state index contributed by atoms with van der Waals surface area (Å²) < 4.78 is 0. The van der Waals surface area contributed by atoms with E-state index in [2.05, 4.69) is 13.8 Å². The molecule has 1 N–H and O–H groups in total. The number of hydrogen-bond donors (Lipinski definition) is 1. The highest BCUT2D eigenvalue weighted by Crippen LogP contribution is 2.10. The van der Waals surface area contributed by atoms with Crippen LogP contribution in [-0.2, 0) is 4.79 Å². The lowest BCUT2D eigenvalue weighted by molar-refractivity contribution is -0.109. The van der Waals surface area contributed by atoms with Gasteiger partial charge in [-0.15, -0.1) is 0 Å². The van der Waals surface area contributed by atoms with Crippen molar-refractivity contribution in [2.45, 2.75) is 39.2 Å². The monoisotopic (exact) mass is 144 g/mol. The molecule has 10 heavy (non-hydrogen) atoms. The van der Waals surface area contributed by atoms with E-state index in [0.717, 1.165) is 19.1 Å². The van der Waals surface area contributed by atoms with Gasteiger partial charge in [-0.1, -0.05) is 20.3 Å². The Bertz CT molecular complexity index is 91.3. The molecule has 0 radical (unpaired) electrons. The Kier molecular flexibility index (Phi) is 5.22. The Morgan fingerprint density at radius 2 is 2.20 bits per heavy atom. The first-order valence-corrected chi connectivity index (χ1v) is 3.82. The van der Waals surface area contributed by atoms with Gasteiger partial charge < -0.3 is 9.90 Å². The predicted molar refractivity (Wildman–Crippen MR) is 40.8 cm³/mol. The zero-order chi connectivity index (χ0) is 7.98. The third kappa shape index (κ3) is 4.50. The molecule has 2 heteroatoms. The van der Waals surface area contributed by atoms with E-state index in [0.29, 0.717) is 5.92 Å². The predicted octanol–water partition coefficient (Wildman–Crippen LogP) is 1.37. The smallest absolute Gasteiger partial charge is 0.122 e. The minimum absolute atomic E-state index is 0.282. The second-order valence-corrected chi connectivity index (χ2v) is 2.81. The van der Waals surface area contributed by atoms with Crippen molar-refractivity contribution < 1.29 is 9.90 Å². The van der Waals surface area contributed by atoms with Crippen LogP contribution in [0, 0.1) is 5.92 Å². The van der Waals surface area contributed by atoms with Crippen LogP contribution in [0.3, 0.4) is 0 Å². The first-order chi connectivity index (χ1) is 4.70. The summed E-state index contributed by atoms with van der Waals surface area (Å²) in [6.07, 6.45) is 2.44. The van der Waals surface area contributed by atoms with Gasteiger partial charge in [-0.2, -0.15) is 0 Å². The molecule has 0 saturated heterocycles. The number of carbonyl (C=O) groups is 1. The van der Waals surface area contributed by atoms with Crippen molar-refractivity contribution in [2.75, 3.05) is 0 Å². The molecule has 0 aromatic rings. The number of aldehydes is 1. The highest BCUT2D eigenvalue weighted by Gasteiger charge is 2.07. The molecule has 0 saturated carbocycles. The summed E-state index contributed by atoms with van der Waals surface area (Å²) in [5.41, 5.74) is 0. The minimum Gasteiger partial charge on any atom is -0.393 e. The Labute approximate surface area is 62.2 Å². The van der Waals surface area contributed by atoms with Gasteiger partial charge >= 0.3 is 0 Å². The summed E-state index contributed by atoms with van der Waals surface area (Å²) in [5, 5.41) is 9.12. The maximum atomic E-state index is 9.93. The molecule has 0 fully saturated rings. The van der Waals surface area contributed by atoms with Crippen molar-refractivity contribution in [1.82, 2.24) is 0 Å². The van der Waals surface area contributed by atoms with Crippen molar-refractivity contribution in [2.24, 2.45) is 5.92 Å². The van der Waals surface area contributed by atoms with E-state index < -0.39 is 6.10 Å². The van der Waals surface area contributed by atoms with Crippen molar-refractivity contribution in [3.63, 3.8) is 0 Å². The van der Waals surface area contributed by atoms with Crippen LogP contribution in [0.4, 0.5) is 0 Å². The van der Waals surface area contributed by atoms with E-state index in [1.807, 2.05) is 0 Å². The van der Waals surface area contributed by atoms with Gasteiger partial charge in [0.05, 0.1) is 6.10 Å².